The molecule has 0 radical (unpaired) electrons. The smallest absolute Gasteiger partial charge is 0.164 e. The normalized spacial score (nSPS) is 34.2. The van der Waals surface area contributed by atoms with Gasteiger partial charge in [0.25, 0.3) is 0 Å². The van der Waals surface area contributed by atoms with E-state index in [2.05, 4.69) is 4.98 Å². The van der Waals surface area contributed by atoms with Crippen LogP contribution >= 0.6 is 0 Å². The average molecular weight is 293 g/mol. The summed E-state index contributed by atoms with van der Waals surface area (Å²) >= 11 is 0. The molecule has 1 aromatic rings. The van der Waals surface area contributed by atoms with E-state index in [1.54, 1.807) is 0 Å². The number of aryl methyl sites for hydroxylation is 1. The first-order valence-electron chi connectivity index (χ1n) is 7.37. The minimum Gasteiger partial charge on any atom is -0.348 e. The van der Waals surface area contributed by atoms with Gasteiger partial charge in [0.15, 0.2) is 11.6 Å². The lowest BCUT2D eigenvalue weighted by Crippen LogP contribution is -2.35. The first-order chi connectivity index (χ1) is 9.76. The fraction of sp³-hybridized carbons (Fsp3) is 0.688. The molecule has 1 aromatic heterocycles. The zero-order valence-corrected chi connectivity index (χ0v) is 13.3. The van der Waals surface area contributed by atoms with Crippen molar-refractivity contribution in [1.29, 1.82) is 0 Å². The van der Waals surface area contributed by atoms with E-state index in [0.717, 1.165) is 11.4 Å². The minimum absolute atomic E-state index is 0.158. The minimum atomic E-state index is -0.656. The lowest BCUT2D eigenvalue weighted by atomic mass is 10.0. The van der Waals surface area contributed by atoms with Crippen LogP contribution in [0.25, 0.3) is 0 Å². The summed E-state index contributed by atoms with van der Waals surface area (Å²) in [6, 6.07) is 5.92. The number of hydrogen-bond acceptors (Lipinski definition) is 5. The molecule has 0 unspecified atom stereocenters. The molecule has 5 nitrogen and oxygen atoms in total. The number of rotatable bonds is 2. The van der Waals surface area contributed by atoms with Gasteiger partial charge in [0, 0.05) is 5.69 Å². The second-order valence-electron chi connectivity index (χ2n) is 6.59. The Morgan fingerprint density at radius 1 is 1.05 bits per heavy atom. The fourth-order valence-electron chi connectivity index (χ4n) is 2.89. The van der Waals surface area contributed by atoms with Gasteiger partial charge in [-0.1, -0.05) is 6.07 Å². The van der Waals surface area contributed by atoms with Crippen molar-refractivity contribution in [2.24, 2.45) is 0 Å². The Kier molecular flexibility index (Phi) is 3.56. The van der Waals surface area contributed by atoms with Crippen molar-refractivity contribution in [1.82, 2.24) is 4.98 Å². The maximum Gasteiger partial charge on any atom is 0.164 e. The van der Waals surface area contributed by atoms with Gasteiger partial charge < -0.3 is 18.9 Å². The summed E-state index contributed by atoms with van der Waals surface area (Å²) in [7, 11) is 0. The zero-order valence-electron chi connectivity index (χ0n) is 13.3. The van der Waals surface area contributed by atoms with E-state index >= 15 is 0 Å². The first-order valence-corrected chi connectivity index (χ1v) is 7.37. The molecule has 21 heavy (non-hydrogen) atoms. The van der Waals surface area contributed by atoms with Gasteiger partial charge in [-0.15, -0.1) is 0 Å². The summed E-state index contributed by atoms with van der Waals surface area (Å²) in [5, 5.41) is 0. The Morgan fingerprint density at radius 2 is 1.81 bits per heavy atom. The van der Waals surface area contributed by atoms with Crippen molar-refractivity contribution in [3.8, 4) is 0 Å². The standard InChI is InChI=1S/C16H23NO4/c1-10-7-6-8-11(17-10)13-14(21-16(4,5)20-13)12-9-18-15(2,3)19-12/h6-8,12-14H,9H2,1-5H3/t12-,13-,14-/m0/s1. The summed E-state index contributed by atoms with van der Waals surface area (Å²) in [6.07, 6.45) is -0.632. The molecule has 3 heterocycles. The van der Waals surface area contributed by atoms with Crippen molar-refractivity contribution in [3.05, 3.63) is 29.6 Å². The molecule has 3 atom stereocenters. The second-order valence-corrected chi connectivity index (χ2v) is 6.59. The predicted molar refractivity (Wildman–Crippen MR) is 76.7 cm³/mol. The summed E-state index contributed by atoms with van der Waals surface area (Å²) in [5.41, 5.74) is 1.84. The molecule has 0 aliphatic carbocycles. The number of pyridine rings is 1. The van der Waals surface area contributed by atoms with Crippen molar-refractivity contribution >= 4 is 0 Å². The third-order valence-corrected chi connectivity index (χ3v) is 3.73. The largest absolute Gasteiger partial charge is 0.348 e. The molecule has 2 aliphatic rings. The highest BCUT2D eigenvalue weighted by Crippen LogP contribution is 2.42. The van der Waals surface area contributed by atoms with Crippen LogP contribution in [-0.4, -0.2) is 35.4 Å². The van der Waals surface area contributed by atoms with E-state index < -0.39 is 11.6 Å². The van der Waals surface area contributed by atoms with Crippen LogP contribution in [0.3, 0.4) is 0 Å². The Labute approximate surface area is 125 Å². The van der Waals surface area contributed by atoms with Crippen molar-refractivity contribution in [2.75, 3.05) is 6.61 Å². The van der Waals surface area contributed by atoms with Crippen LogP contribution in [0.15, 0.2) is 18.2 Å². The second kappa shape index (κ2) is 5.02. The van der Waals surface area contributed by atoms with Crippen molar-refractivity contribution in [2.45, 2.75) is 64.5 Å². The Hall–Kier alpha value is -1.01. The summed E-state index contributed by atoms with van der Waals surface area (Å²) in [4.78, 5) is 4.58. The van der Waals surface area contributed by atoms with Crippen molar-refractivity contribution < 1.29 is 18.9 Å². The molecule has 0 spiro atoms. The molecule has 2 saturated heterocycles. The van der Waals surface area contributed by atoms with E-state index in [-0.39, 0.29) is 18.3 Å². The van der Waals surface area contributed by atoms with E-state index in [1.807, 2.05) is 52.8 Å². The zero-order chi connectivity index (χ0) is 15.3. The van der Waals surface area contributed by atoms with Gasteiger partial charge >= 0.3 is 0 Å². The summed E-state index contributed by atoms with van der Waals surface area (Å²) in [6.45, 7) is 10.1. The van der Waals surface area contributed by atoms with E-state index in [0.29, 0.717) is 6.61 Å². The highest BCUT2D eigenvalue weighted by Gasteiger charge is 2.50. The molecule has 2 aliphatic heterocycles. The highest BCUT2D eigenvalue weighted by atomic mass is 16.8. The lowest BCUT2D eigenvalue weighted by molar-refractivity contribution is -0.174. The van der Waals surface area contributed by atoms with Gasteiger partial charge in [0.1, 0.15) is 18.3 Å². The molecule has 116 valence electrons. The quantitative estimate of drug-likeness (QED) is 0.839. The third kappa shape index (κ3) is 3.11. The average Bonchev–Trinajstić information content (AvgIpc) is 2.89. The molecule has 3 rings (SSSR count). The van der Waals surface area contributed by atoms with Gasteiger partial charge in [0.05, 0.1) is 12.3 Å². The number of nitrogens with zero attached hydrogens (tertiary/aromatic N) is 1. The number of ether oxygens (including phenoxy) is 4. The van der Waals surface area contributed by atoms with Crippen LogP contribution in [0.5, 0.6) is 0 Å². The molecule has 0 amide bonds. The maximum absolute atomic E-state index is 6.07. The maximum atomic E-state index is 6.07. The summed E-state index contributed by atoms with van der Waals surface area (Å²) in [5.74, 6) is -1.23. The fourth-order valence-corrected chi connectivity index (χ4v) is 2.89. The molecule has 0 bridgehead atoms. The first kappa shape index (κ1) is 14.9. The van der Waals surface area contributed by atoms with Crippen LogP contribution < -0.4 is 0 Å². The molecular weight excluding hydrogens is 270 g/mol. The van der Waals surface area contributed by atoms with E-state index in [4.69, 9.17) is 18.9 Å². The molecule has 5 heteroatoms. The monoisotopic (exact) mass is 293 g/mol. The molecular formula is C16H23NO4. The predicted octanol–water partition coefficient (Wildman–Crippen LogP) is 2.73. The third-order valence-electron chi connectivity index (χ3n) is 3.73. The van der Waals surface area contributed by atoms with Crippen LogP contribution in [0.4, 0.5) is 0 Å². The molecule has 0 N–H and O–H groups in total. The van der Waals surface area contributed by atoms with Crippen LogP contribution in [0.2, 0.25) is 0 Å². The topological polar surface area (TPSA) is 49.8 Å². The van der Waals surface area contributed by atoms with Crippen molar-refractivity contribution in [3.63, 3.8) is 0 Å². The Bertz CT molecular complexity index is 529. The molecule has 0 aromatic carbocycles. The number of aromatic nitrogens is 1. The highest BCUT2D eigenvalue weighted by molar-refractivity contribution is 5.15. The van der Waals surface area contributed by atoms with Crippen LogP contribution in [-0.2, 0) is 18.9 Å². The van der Waals surface area contributed by atoms with Gasteiger partial charge in [-0.25, -0.2) is 0 Å². The SMILES string of the molecule is Cc1cccc([C@@H]2OC(C)(C)O[C@H]2[C@@H]2COC(C)(C)O2)n1. The van der Waals surface area contributed by atoms with Gasteiger partial charge in [-0.3, -0.25) is 4.98 Å². The Morgan fingerprint density at radius 3 is 2.43 bits per heavy atom. The lowest BCUT2D eigenvalue weighted by Gasteiger charge is -2.23. The van der Waals surface area contributed by atoms with E-state index in [9.17, 15) is 0 Å². The number of hydrogen-bond donors (Lipinski definition) is 0. The van der Waals surface area contributed by atoms with Gasteiger partial charge in [-0.2, -0.15) is 0 Å². The van der Waals surface area contributed by atoms with Gasteiger partial charge in [0.2, 0.25) is 0 Å². The van der Waals surface area contributed by atoms with Crippen LogP contribution in [0.1, 0.15) is 45.2 Å². The Balaban J connectivity index is 1.87. The molecule has 2 fully saturated rings. The van der Waals surface area contributed by atoms with E-state index in [1.165, 1.54) is 0 Å². The molecule has 0 saturated carbocycles. The van der Waals surface area contributed by atoms with Gasteiger partial charge in [-0.05, 0) is 46.8 Å². The van der Waals surface area contributed by atoms with Crippen LogP contribution in [0, 0.1) is 6.92 Å². The summed E-state index contributed by atoms with van der Waals surface area (Å²) < 4.78 is 23.7.